The number of aromatic nitrogens is 1. The normalized spacial score (nSPS) is 10.9. The minimum atomic E-state index is 0.391. The standard InChI is InChI=1S/C8H12BrNO4S/c1-11-13-4-3-6-7(5-14-12-2)15-8(9)10-6/h3-5H2,1-2H3. The molecule has 7 heteroatoms. The Bertz CT molecular complexity index is 294. The Morgan fingerprint density at radius 1 is 1.27 bits per heavy atom. The number of nitrogens with zero attached hydrogens (tertiary/aromatic N) is 1. The molecule has 0 unspecified atom stereocenters. The number of hydrogen-bond donors (Lipinski definition) is 0. The zero-order chi connectivity index (χ0) is 11.1. The maximum absolute atomic E-state index is 4.86. The van der Waals surface area contributed by atoms with E-state index >= 15 is 0 Å². The van der Waals surface area contributed by atoms with E-state index in [4.69, 9.17) is 9.78 Å². The second-order valence-corrected chi connectivity index (χ2v) is 4.86. The summed E-state index contributed by atoms with van der Waals surface area (Å²) in [6.07, 6.45) is 0.679. The van der Waals surface area contributed by atoms with E-state index in [0.717, 1.165) is 14.5 Å². The van der Waals surface area contributed by atoms with Crippen LogP contribution in [-0.2, 0) is 32.6 Å². The van der Waals surface area contributed by atoms with Crippen LogP contribution in [0.1, 0.15) is 10.6 Å². The van der Waals surface area contributed by atoms with E-state index in [-0.39, 0.29) is 0 Å². The molecule has 0 aliphatic carbocycles. The average molecular weight is 298 g/mol. The predicted octanol–water partition coefficient (Wildman–Crippen LogP) is 2.10. The van der Waals surface area contributed by atoms with Gasteiger partial charge >= 0.3 is 0 Å². The lowest BCUT2D eigenvalue weighted by atomic mass is 10.3. The van der Waals surface area contributed by atoms with Gasteiger partial charge in [0.15, 0.2) is 3.92 Å². The molecule has 1 aromatic heterocycles. The molecule has 15 heavy (non-hydrogen) atoms. The number of halogens is 1. The van der Waals surface area contributed by atoms with Crippen LogP contribution in [0.2, 0.25) is 0 Å². The minimum Gasteiger partial charge on any atom is -0.240 e. The first-order valence-electron chi connectivity index (χ1n) is 4.23. The Morgan fingerprint density at radius 2 is 2.00 bits per heavy atom. The third-order valence-corrected chi connectivity index (χ3v) is 3.12. The fourth-order valence-corrected chi connectivity index (χ4v) is 2.53. The molecular weight excluding hydrogens is 286 g/mol. The van der Waals surface area contributed by atoms with Crippen molar-refractivity contribution in [2.24, 2.45) is 0 Å². The lowest BCUT2D eigenvalue weighted by Gasteiger charge is -2.01. The third kappa shape index (κ3) is 4.54. The Balaban J connectivity index is 2.51. The molecule has 0 bridgehead atoms. The molecule has 0 radical (unpaired) electrons. The Labute approximate surface area is 100 Å². The van der Waals surface area contributed by atoms with Crippen molar-refractivity contribution in [1.82, 2.24) is 4.98 Å². The summed E-state index contributed by atoms with van der Waals surface area (Å²) < 4.78 is 0.824. The van der Waals surface area contributed by atoms with Crippen LogP contribution in [0.15, 0.2) is 3.92 Å². The van der Waals surface area contributed by atoms with Crippen LogP contribution >= 0.6 is 27.3 Å². The largest absolute Gasteiger partial charge is 0.240 e. The van der Waals surface area contributed by atoms with Crippen molar-refractivity contribution in [2.45, 2.75) is 13.0 Å². The average Bonchev–Trinajstić information content (AvgIpc) is 2.56. The fraction of sp³-hybridized carbons (Fsp3) is 0.625. The Kier molecular flexibility index (Phi) is 6.30. The highest BCUT2D eigenvalue weighted by Crippen LogP contribution is 2.24. The summed E-state index contributed by atoms with van der Waals surface area (Å²) >= 11 is 4.84. The van der Waals surface area contributed by atoms with Crippen molar-refractivity contribution in [3.05, 3.63) is 14.5 Å². The van der Waals surface area contributed by atoms with E-state index in [0.29, 0.717) is 19.6 Å². The maximum Gasteiger partial charge on any atom is 0.159 e. The highest BCUT2D eigenvalue weighted by atomic mass is 79.9. The molecule has 86 valence electrons. The van der Waals surface area contributed by atoms with Gasteiger partial charge in [0.2, 0.25) is 0 Å². The first-order valence-corrected chi connectivity index (χ1v) is 5.84. The van der Waals surface area contributed by atoms with Gasteiger partial charge in [0.05, 0.1) is 31.4 Å². The lowest BCUT2D eigenvalue weighted by Crippen LogP contribution is -2.01. The lowest BCUT2D eigenvalue weighted by molar-refractivity contribution is -0.282. The molecule has 0 aliphatic heterocycles. The van der Waals surface area contributed by atoms with E-state index in [1.54, 1.807) is 0 Å². The zero-order valence-electron chi connectivity index (χ0n) is 8.49. The minimum absolute atomic E-state index is 0.391. The molecule has 0 N–H and O–H groups in total. The number of rotatable bonds is 7. The molecule has 1 aromatic rings. The van der Waals surface area contributed by atoms with Crippen LogP contribution in [0.5, 0.6) is 0 Å². The topological polar surface area (TPSA) is 49.8 Å². The van der Waals surface area contributed by atoms with Crippen molar-refractivity contribution in [1.29, 1.82) is 0 Å². The highest BCUT2D eigenvalue weighted by Gasteiger charge is 2.10. The molecule has 1 rings (SSSR count). The van der Waals surface area contributed by atoms with Gasteiger partial charge in [0.1, 0.15) is 6.61 Å². The van der Waals surface area contributed by atoms with Gasteiger partial charge in [-0.1, -0.05) is 0 Å². The molecule has 0 aromatic carbocycles. The number of hydrogen-bond acceptors (Lipinski definition) is 6. The maximum atomic E-state index is 4.86. The SMILES string of the molecule is COOCCc1nc(Br)sc1COOC. The van der Waals surface area contributed by atoms with E-state index in [1.165, 1.54) is 25.6 Å². The summed E-state index contributed by atoms with van der Waals surface area (Å²) in [4.78, 5) is 24.0. The highest BCUT2D eigenvalue weighted by molar-refractivity contribution is 9.11. The molecule has 0 aliphatic rings. The molecule has 1 heterocycles. The first kappa shape index (κ1) is 13.0. The molecule has 0 spiro atoms. The predicted molar refractivity (Wildman–Crippen MR) is 58.3 cm³/mol. The summed E-state index contributed by atoms with van der Waals surface area (Å²) in [5, 5.41) is 0. The van der Waals surface area contributed by atoms with E-state index < -0.39 is 0 Å². The van der Waals surface area contributed by atoms with Crippen molar-refractivity contribution in [3.63, 3.8) is 0 Å². The van der Waals surface area contributed by atoms with Crippen molar-refractivity contribution in [3.8, 4) is 0 Å². The van der Waals surface area contributed by atoms with E-state index in [9.17, 15) is 0 Å². The summed E-state index contributed by atoms with van der Waals surface area (Å²) in [5.74, 6) is 0. The first-order chi connectivity index (χ1) is 7.27. The van der Waals surface area contributed by atoms with Crippen LogP contribution < -0.4 is 0 Å². The summed E-state index contributed by atoms with van der Waals surface area (Å²) in [6, 6.07) is 0. The number of thiazole rings is 1. The van der Waals surface area contributed by atoms with Crippen LogP contribution in [0.3, 0.4) is 0 Å². The van der Waals surface area contributed by atoms with Gasteiger partial charge < -0.3 is 0 Å². The molecule has 0 saturated heterocycles. The van der Waals surface area contributed by atoms with Crippen LogP contribution in [0, 0.1) is 0 Å². The van der Waals surface area contributed by atoms with Crippen molar-refractivity contribution >= 4 is 27.3 Å². The van der Waals surface area contributed by atoms with Gasteiger partial charge in [-0.15, -0.1) is 11.3 Å². The van der Waals surface area contributed by atoms with Gasteiger partial charge in [-0.3, -0.25) is 0 Å². The summed E-state index contributed by atoms with van der Waals surface area (Å²) in [6.45, 7) is 0.856. The van der Waals surface area contributed by atoms with Crippen LogP contribution in [0.4, 0.5) is 0 Å². The van der Waals surface area contributed by atoms with Crippen LogP contribution in [0.25, 0.3) is 0 Å². The monoisotopic (exact) mass is 297 g/mol. The van der Waals surface area contributed by atoms with Gasteiger partial charge in [-0.2, -0.15) is 0 Å². The van der Waals surface area contributed by atoms with Crippen molar-refractivity contribution < 1.29 is 19.6 Å². The summed E-state index contributed by atoms with van der Waals surface area (Å²) in [7, 11) is 2.95. The van der Waals surface area contributed by atoms with E-state index in [1.807, 2.05) is 0 Å². The van der Waals surface area contributed by atoms with E-state index in [2.05, 4.69) is 30.7 Å². The molecule has 5 nitrogen and oxygen atoms in total. The Hall–Kier alpha value is -0.0500. The second-order valence-electron chi connectivity index (χ2n) is 2.50. The van der Waals surface area contributed by atoms with Gasteiger partial charge in [-0.05, 0) is 15.9 Å². The molecule has 0 amide bonds. The second kappa shape index (κ2) is 7.26. The fourth-order valence-electron chi connectivity index (χ4n) is 0.994. The van der Waals surface area contributed by atoms with Crippen molar-refractivity contribution in [2.75, 3.05) is 20.8 Å². The molecule has 0 saturated carbocycles. The third-order valence-electron chi connectivity index (χ3n) is 1.60. The molecular formula is C8H12BrNO4S. The van der Waals surface area contributed by atoms with Gasteiger partial charge in [-0.25, -0.2) is 24.5 Å². The smallest absolute Gasteiger partial charge is 0.159 e. The summed E-state index contributed by atoms with van der Waals surface area (Å²) in [5.41, 5.74) is 0.931. The zero-order valence-corrected chi connectivity index (χ0v) is 10.9. The Morgan fingerprint density at radius 3 is 2.67 bits per heavy atom. The van der Waals surface area contributed by atoms with Gasteiger partial charge in [0, 0.05) is 6.42 Å². The quantitative estimate of drug-likeness (QED) is 0.438. The van der Waals surface area contributed by atoms with Gasteiger partial charge in [0.25, 0.3) is 0 Å². The van der Waals surface area contributed by atoms with Crippen LogP contribution in [-0.4, -0.2) is 25.8 Å². The molecule has 0 atom stereocenters. The molecule has 0 fully saturated rings.